The molecule has 0 unspecified atom stereocenters. The van der Waals surface area contributed by atoms with Gasteiger partial charge in [-0.25, -0.2) is 0 Å². The van der Waals surface area contributed by atoms with Crippen LogP contribution in [0.4, 0.5) is 5.69 Å². The molecule has 0 saturated heterocycles. The van der Waals surface area contributed by atoms with Crippen molar-refractivity contribution in [2.75, 3.05) is 12.3 Å². The van der Waals surface area contributed by atoms with E-state index >= 15 is 0 Å². The highest BCUT2D eigenvalue weighted by atomic mass is 16.5. The van der Waals surface area contributed by atoms with Crippen molar-refractivity contribution in [1.82, 2.24) is 4.98 Å². The third-order valence-electron chi connectivity index (χ3n) is 2.27. The average molecular weight is 212 g/mol. The Bertz CT molecular complexity index is 543. The Labute approximate surface area is 94.2 Å². The molecule has 80 valence electrons. The molecule has 0 amide bonds. The van der Waals surface area contributed by atoms with Crippen molar-refractivity contribution in [2.45, 2.75) is 6.42 Å². The van der Waals surface area contributed by atoms with Crippen LogP contribution >= 0.6 is 0 Å². The van der Waals surface area contributed by atoms with Crippen LogP contribution in [0.1, 0.15) is 6.42 Å². The third-order valence-corrected chi connectivity index (χ3v) is 2.27. The number of terminal acetylenes is 1. The van der Waals surface area contributed by atoms with Crippen LogP contribution in [-0.2, 0) is 0 Å². The highest BCUT2D eigenvalue weighted by Gasteiger charge is 2.05. The van der Waals surface area contributed by atoms with E-state index in [1.807, 2.05) is 24.3 Å². The SMILES string of the molecule is C#CCCOc1ccc(N)c2cccnc12. The number of aromatic nitrogens is 1. The van der Waals surface area contributed by atoms with Crippen molar-refractivity contribution in [3.8, 4) is 18.1 Å². The first-order valence-electron chi connectivity index (χ1n) is 5.02. The van der Waals surface area contributed by atoms with E-state index in [9.17, 15) is 0 Å². The second-order valence-electron chi connectivity index (χ2n) is 3.36. The lowest BCUT2D eigenvalue weighted by molar-refractivity contribution is 0.330. The zero-order chi connectivity index (χ0) is 11.4. The normalized spacial score (nSPS) is 9.94. The molecule has 2 aromatic rings. The standard InChI is InChI=1S/C13H12N2O/c1-2-3-9-16-12-7-6-11(14)10-5-4-8-15-13(10)12/h1,4-8H,3,9,14H2. The monoisotopic (exact) mass is 212 g/mol. The Hall–Kier alpha value is -2.21. The van der Waals surface area contributed by atoms with Gasteiger partial charge in [0.15, 0.2) is 0 Å². The Morgan fingerprint density at radius 2 is 2.25 bits per heavy atom. The second-order valence-corrected chi connectivity index (χ2v) is 3.36. The Morgan fingerprint density at radius 3 is 3.06 bits per heavy atom. The highest BCUT2D eigenvalue weighted by molar-refractivity contribution is 5.94. The molecule has 0 atom stereocenters. The zero-order valence-electron chi connectivity index (χ0n) is 8.81. The van der Waals surface area contributed by atoms with Crippen molar-refractivity contribution in [1.29, 1.82) is 0 Å². The van der Waals surface area contributed by atoms with Gasteiger partial charge in [-0.1, -0.05) is 0 Å². The number of ether oxygens (including phenoxy) is 1. The smallest absolute Gasteiger partial charge is 0.145 e. The van der Waals surface area contributed by atoms with Crippen molar-refractivity contribution >= 4 is 16.6 Å². The topological polar surface area (TPSA) is 48.1 Å². The van der Waals surface area contributed by atoms with Gasteiger partial charge in [-0.15, -0.1) is 12.3 Å². The second kappa shape index (κ2) is 4.54. The molecule has 16 heavy (non-hydrogen) atoms. The Kier molecular flexibility index (Phi) is 2.93. The summed E-state index contributed by atoms with van der Waals surface area (Å²) >= 11 is 0. The number of benzene rings is 1. The fourth-order valence-electron chi connectivity index (χ4n) is 1.51. The summed E-state index contributed by atoms with van der Waals surface area (Å²) in [5.41, 5.74) is 7.33. The van der Waals surface area contributed by atoms with Gasteiger partial charge >= 0.3 is 0 Å². The van der Waals surface area contributed by atoms with Crippen LogP contribution in [0.25, 0.3) is 10.9 Å². The first-order chi connectivity index (χ1) is 7.83. The average Bonchev–Trinajstić information content (AvgIpc) is 2.33. The van der Waals surface area contributed by atoms with Gasteiger partial charge in [-0.3, -0.25) is 4.98 Å². The third kappa shape index (κ3) is 1.91. The lowest BCUT2D eigenvalue weighted by Crippen LogP contribution is -1.98. The molecule has 0 fully saturated rings. The molecule has 3 heteroatoms. The van der Waals surface area contributed by atoms with E-state index in [0.29, 0.717) is 18.7 Å². The molecule has 2 rings (SSSR count). The summed E-state index contributed by atoms with van der Waals surface area (Å²) in [7, 11) is 0. The van der Waals surface area contributed by atoms with Crippen LogP contribution in [-0.4, -0.2) is 11.6 Å². The molecule has 0 radical (unpaired) electrons. The molecule has 3 nitrogen and oxygen atoms in total. The molecule has 0 bridgehead atoms. The minimum Gasteiger partial charge on any atom is -0.490 e. The van der Waals surface area contributed by atoms with Crippen LogP contribution in [0.15, 0.2) is 30.5 Å². The molecule has 0 saturated carbocycles. The molecule has 0 spiro atoms. The minimum atomic E-state index is 0.492. The van der Waals surface area contributed by atoms with Crippen molar-refractivity contribution in [3.05, 3.63) is 30.5 Å². The number of fused-ring (bicyclic) bond motifs is 1. The predicted molar refractivity (Wildman–Crippen MR) is 65.1 cm³/mol. The number of nitrogens with zero attached hydrogens (tertiary/aromatic N) is 1. The van der Waals surface area contributed by atoms with E-state index < -0.39 is 0 Å². The maximum Gasteiger partial charge on any atom is 0.145 e. The van der Waals surface area contributed by atoms with Gasteiger partial charge in [-0.05, 0) is 24.3 Å². The van der Waals surface area contributed by atoms with Gasteiger partial charge < -0.3 is 10.5 Å². The molecule has 1 aromatic carbocycles. The summed E-state index contributed by atoms with van der Waals surface area (Å²) in [6, 6.07) is 7.41. The molecule has 2 N–H and O–H groups in total. The molecule has 0 aliphatic carbocycles. The highest BCUT2D eigenvalue weighted by Crippen LogP contribution is 2.27. The largest absolute Gasteiger partial charge is 0.490 e. The summed E-state index contributed by atoms with van der Waals surface area (Å²) in [5, 5.41) is 0.903. The van der Waals surface area contributed by atoms with Crippen molar-refractivity contribution in [2.24, 2.45) is 0 Å². The van der Waals surface area contributed by atoms with Crippen LogP contribution in [0, 0.1) is 12.3 Å². The Morgan fingerprint density at radius 1 is 1.38 bits per heavy atom. The Balaban J connectivity index is 2.39. The fraction of sp³-hybridized carbons (Fsp3) is 0.154. The van der Waals surface area contributed by atoms with E-state index in [1.54, 1.807) is 6.20 Å². The zero-order valence-corrected chi connectivity index (χ0v) is 8.81. The molecular weight excluding hydrogens is 200 g/mol. The van der Waals surface area contributed by atoms with Crippen molar-refractivity contribution < 1.29 is 4.74 Å². The summed E-state index contributed by atoms with van der Waals surface area (Å²) in [6.07, 6.45) is 7.46. The van der Waals surface area contributed by atoms with Crippen LogP contribution in [0.3, 0.4) is 0 Å². The number of anilines is 1. The number of rotatable bonds is 3. The number of hydrogen-bond acceptors (Lipinski definition) is 3. The molecular formula is C13H12N2O. The van der Waals surface area contributed by atoms with Gasteiger partial charge in [0, 0.05) is 23.7 Å². The summed E-state index contributed by atoms with van der Waals surface area (Å²) < 4.78 is 5.55. The molecule has 1 heterocycles. The first kappa shape index (κ1) is 10.3. The number of nitrogen functional groups attached to an aromatic ring is 1. The van der Waals surface area contributed by atoms with Crippen LogP contribution < -0.4 is 10.5 Å². The summed E-state index contributed by atoms with van der Waals surface area (Å²) in [6.45, 7) is 0.492. The van der Waals surface area contributed by atoms with Gasteiger partial charge in [0.1, 0.15) is 11.3 Å². The lowest BCUT2D eigenvalue weighted by Gasteiger charge is -2.08. The van der Waals surface area contributed by atoms with E-state index in [-0.39, 0.29) is 0 Å². The summed E-state index contributed by atoms with van der Waals surface area (Å²) in [5.74, 6) is 3.25. The van der Waals surface area contributed by atoms with E-state index in [0.717, 1.165) is 16.7 Å². The number of nitrogens with two attached hydrogens (primary N) is 1. The minimum absolute atomic E-state index is 0.492. The number of pyridine rings is 1. The van der Waals surface area contributed by atoms with Gasteiger partial charge in [-0.2, -0.15) is 0 Å². The van der Waals surface area contributed by atoms with Crippen molar-refractivity contribution in [3.63, 3.8) is 0 Å². The maximum atomic E-state index is 5.85. The molecule has 0 aliphatic rings. The first-order valence-corrected chi connectivity index (χ1v) is 5.02. The van der Waals surface area contributed by atoms with Gasteiger partial charge in [0.25, 0.3) is 0 Å². The van der Waals surface area contributed by atoms with Gasteiger partial charge in [0.05, 0.1) is 6.61 Å². The lowest BCUT2D eigenvalue weighted by atomic mass is 10.2. The quantitative estimate of drug-likeness (QED) is 0.482. The number of hydrogen-bond donors (Lipinski definition) is 1. The maximum absolute atomic E-state index is 5.85. The predicted octanol–water partition coefficient (Wildman–Crippen LogP) is 2.22. The fourth-order valence-corrected chi connectivity index (χ4v) is 1.51. The van der Waals surface area contributed by atoms with E-state index in [2.05, 4.69) is 10.9 Å². The molecule has 0 aliphatic heterocycles. The molecule has 1 aromatic heterocycles. The van der Waals surface area contributed by atoms with Crippen LogP contribution in [0.2, 0.25) is 0 Å². The van der Waals surface area contributed by atoms with Gasteiger partial charge in [0.2, 0.25) is 0 Å². The van der Waals surface area contributed by atoms with E-state index in [1.165, 1.54) is 0 Å². The van der Waals surface area contributed by atoms with Crippen LogP contribution in [0.5, 0.6) is 5.75 Å². The summed E-state index contributed by atoms with van der Waals surface area (Å²) in [4.78, 5) is 4.26. The van der Waals surface area contributed by atoms with E-state index in [4.69, 9.17) is 16.9 Å².